The maximum absolute atomic E-state index is 11.0. The monoisotopic (exact) mass is 322 g/mol. The van der Waals surface area contributed by atoms with Crippen LogP contribution in [-0.2, 0) is 4.79 Å². The molecule has 1 heterocycles. The number of benzene rings is 1. The summed E-state index contributed by atoms with van der Waals surface area (Å²) in [5.74, 6) is 0.462. The molecule has 0 aliphatic carbocycles. The van der Waals surface area contributed by atoms with Gasteiger partial charge in [0.2, 0.25) is 11.9 Å². The largest absolute Gasteiger partial charge is 0.354 e. The predicted molar refractivity (Wildman–Crippen MR) is 86.1 cm³/mol. The Hall–Kier alpha value is -1.79. The first kappa shape index (κ1) is 15.6. The number of amides is 1. The van der Waals surface area contributed by atoms with Gasteiger partial charge in [-0.25, -0.2) is 9.97 Å². The molecule has 7 heteroatoms. The van der Waals surface area contributed by atoms with Crippen LogP contribution in [0.3, 0.4) is 0 Å². The Bertz CT molecular complexity index is 633. The fourth-order valence-corrected chi connectivity index (χ4v) is 2.57. The van der Waals surface area contributed by atoms with Crippen molar-refractivity contribution < 1.29 is 4.79 Å². The maximum Gasteiger partial charge on any atom is 0.223 e. The standard InChI is InChI=1S/C14H15ClN4OS/c1-3-16-14-17-8-12(15)13(19-14)21-11-6-4-10(5-7-11)18-9(2)20/h4-8H,3H2,1-2H3,(H,18,20)(H,16,17,19). The van der Waals surface area contributed by atoms with Gasteiger partial charge in [-0.15, -0.1) is 0 Å². The zero-order chi connectivity index (χ0) is 15.2. The van der Waals surface area contributed by atoms with E-state index in [1.165, 1.54) is 18.7 Å². The number of carbonyl (C=O) groups excluding carboxylic acids is 1. The zero-order valence-electron chi connectivity index (χ0n) is 11.7. The SMILES string of the molecule is CCNc1ncc(Cl)c(Sc2ccc(NC(C)=O)cc2)n1. The van der Waals surface area contributed by atoms with Crippen LogP contribution in [-0.4, -0.2) is 22.4 Å². The number of anilines is 2. The molecule has 0 radical (unpaired) electrons. The molecular formula is C14H15ClN4OS. The Morgan fingerprint density at radius 2 is 2.05 bits per heavy atom. The van der Waals surface area contributed by atoms with Crippen molar-refractivity contribution in [2.45, 2.75) is 23.8 Å². The summed E-state index contributed by atoms with van der Waals surface area (Å²) in [5, 5.41) is 6.97. The molecule has 5 nitrogen and oxygen atoms in total. The molecule has 0 aliphatic rings. The Morgan fingerprint density at radius 3 is 2.67 bits per heavy atom. The van der Waals surface area contributed by atoms with Crippen LogP contribution in [0.1, 0.15) is 13.8 Å². The van der Waals surface area contributed by atoms with Crippen LogP contribution in [0.2, 0.25) is 5.02 Å². The maximum atomic E-state index is 11.0. The van der Waals surface area contributed by atoms with Crippen LogP contribution in [0.25, 0.3) is 0 Å². The molecule has 21 heavy (non-hydrogen) atoms. The highest BCUT2D eigenvalue weighted by atomic mass is 35.5. The van der Waals surface area contributed by atoms with Gasteiger partial charge >= 0.3 is 0 Å². The third-order valence-corrected chi connectivity index (χ3v) is 3.84. The highest BCUT2D eigenvalue weighted by molar-refractivity contribution is 7.99. The molecule has 2 rings (SSSR count). The van der Waals surface area contributed by atoms with Crippen LogP contribution >= 0.6 is 23.4 Å². The van der Waals surface area contributed by atoms with Crippen LogP contribution in [0.4, 0.5) is 11.6 Å². The van der Waals surface area contributed by atoms with Crippen molar-refractivity contribution in [1.82, 2.24) is 9.97 Å². The summed E-state index contributed by atoms with van der Waals surface area (Å²) in [5.41, 5.74) is 0.758. The Kier molecular flexibility index (Phi) is 5.41. The number of nitrogens with one attached hydrogen (secondary N) is 2. The third kappa shape index (κ3) is 4.61. The van der Waals surface area contributed by atoms with Crippen molar-refractivity contribution in [3.63, 3.8) is 0 Å². The third-order valence-electron chi connectivity index (χ3n) is 2.44. The Labute approximate surface area is 132 Å². The van der Waals surface area contributed by atoms with Crippen molar-refractivity contribution in [2.75, 3.05) is 17.2 Å². The Balaban J connectivity index is 2.13. The molecule has 1 aromatic carbocycles. The average molecular weight is 323 g/mol. The van der Waals surface area contributed by atoms with Gasteiger partial charge in [-0.2, -0.15) is 0 Å². The van der Waals surface area contributed by atoms with Crippen LogP contribution in [0, 0.1) is 0 Å². The molecule has 1 amide bonds. The van der Waals surface area contributed by atoms with E-state index < -0.39 is 0 Å². The van der Waals surface area contributed by atoms with Crippen LogP contribution in [0.15, 0.2) is 40.4 Å². The second kappa shape index (κ2) is 7.28. The zero-order valence-corrected chi connectivity index (χ0v) is 13.3. The normalized spacial score (nSPS) is 10.2. The van der Waals surface area contributed by atoms with E-state index in [0.717, 1.165) is 17.1 Å². The first-order valence-corrected chi connectivity index (χ1v) is 7.60. The number of aromatic nitrogens is 2. The fraction of sp³-hybridized carbons (Fsp3) is 0.214. The number of nitrogens with zero attached hydrogens (tertiary/aromatic N) is 2. The van der Waals surface area contributed by atoms with Gasteiger partial charge in [0.1, 0.15) is 5.03 Å². The van der Waals surface area contributed by atoms with E-state index in [2.05, 4.69) is 20.6 Å². The first-order chi connectivity index (χ1) is 10.1. The molecule has 1 aromatic heterocycles. The number of hydrogen-bond donors (Lipinski definition) is 2. The Morgan fingerprint density at radius 1 is 1.33 bits per heavy atom. The number of hydrogen-bond acceptors (Lipinski definition) is 5. The van der Waals surface area contributed by atoms with Crippen LogP contribution in [0.5, 0.6) is 0 Å². The van der Waals surface area contributed by atoms with E-state index in [-0.39, 0.29) is 5.91 Å². The summed E-state index contributed by atoms with van der Waals surface area (Å²) in [4.78, 5) is 20.4. The number of carbonyl (C=O) groups is 1. The van der Waals surface area contributed by atoms with Crippen LogP contribution < -0.4 is 10.6 Å². The number of rotatable bonds is 5. The topological polar surface area (TPSA) is 66.9 Å². The van der Waals surface area contributed by atoms with E-state index in [4.69, 9.17) is 11.6 Å². The van der Waals surface area contributed by atoms with E-state index >= 15 is 0 Å². The van der Waals surface area contributed by atoms with Gasteiger partial charge in [-0.3, -0.25) is 4.79 Å². The van der Waals surface area contributed by atoms with Gasteiger partial charge in [0.15, 0.2) is 0 Å². The van der Waals surface area contributed by atoms with Crippen molar-refractivity contribution in [3.8, 4) is 0 Å². The van der Waals surface area contributed by atoms with E-state index in [9.17, 15) is 4.79 Å². The van der Waals surface area contributed by atoms with Gasteiger partial charge in [-0.1, -0.05) is 23.4 Å². The summed E-state index contributed by atoms with van der Waals surface area (Å²) in [7, 11) is 0. The van der Waals surface area contributed by atoms with Gasteiger partial charge in [0.05, 0.1) is 11.2 Å². The smallest absolute Gasteiger partial charge is 0.223 e. The molecule has 0 aliphatic heterocycles. The van der Waals surface area contributed by atoms with Crippen molar-refractivity contribution in [3.05, 3.63) is 35.5 Å². The molecule has 110 valence electrons. The quantitative estimate of drug-likeness (QED) is 0.822. The second-order valence-corrected chi connectivity index (χ2v) is 5.65. The van der Waals surface area contributed by atoms with Crippen molar-refractivity contribution in [1.29, 1.82) is 0 Å². The molecule has 2 aromatic rings. The lowest BCUT2D eigenvalue weighted by atomic mass is 10.3. The lowest BCUT2D eigenvalue weighted by Crippen LogP contribution is -2.05. The minimum Gasteiger partial charge on any atom is -0.354 e. The summed E-state index contributed by atoms with van der Waals surface area (Å²) >= 11 is 7.56. The highest BCUT2D eigenvalue weighted by Crippen LogP contribution is 2.32. The lowest BCUT2D eigenvalue weighted by Gasteiger charge is -2.07. The molecule has 0 saturated carbocycles. The lowest BCUT2D eigenvalue weighted by molar-refractivity contribution is -0.114. The molecule has 0 unspecified atom stereocenters. The molecule has 0 spiro atoms. The fourth-order valence-electron chi connectivity index (χ4n) is 1.59. The van der Waals surface area contributed by atoms with E-state index in [0.29, 0.717) is 16.0 Å². The van der Waals surface area contributed by atoms with E-state index in [1.807, 2.05) is 31.2 Å². The minimum absolute atomic E-state index is 0.0930. The minimum atomic E-state index is -0.0930. The van der Waals surface area contributed by atoms with Gasteiger partial charge in [-0.05, 0) is 31.2 Å². The summed E-state index contributed by atoms with van der Waals surface area (Å²) in [6, 6.07) is 7.48. The second-order valence-electron chi connectivity index (χ2n) is 4.18. The average Bonchev–Trinajstić information content (AvgIpc) is 2.44. The molecule has 2 N–H and O–H groups in total. The van der Waals surface area contributed by atoms with E-state index in [1.54, 1.807) is 6.20 Å². The number of halogens is 1. The molecule has 0 fully saturated rings. The molecule has 0 bridgehead atoms. The van der Waals surface area contributed by atoms with Crippen molar-refractivity contribution >= 4 is 40.9 Å². The summed E-state index contributed by atoms with van der Waals surface area (Å²) in [6.45, 7) is 4.20. The van der Waals surface area contributed by atoms with Gasteiger partial charge in [0.25, 0.3) is 0 Å². The predicted octanol–water partition coefficient (Wildman–Crippen LogP) is 3.67. The molecule has 0 atom stereocenters. The summed E-state index contributed by atoms with van der Waals surface area (Å²) in [6.07, 6.45) is 1.58. The van der Waals surface area contributed by atoms with Gasteiger partial charge in [0, 0.05) is 24.1 Å². The van der Waals surface area contributed by atoms with Crippen molar-refractivity contribution in [2.24, 2.45) is 0 Å². The molecular weight excluding hydrogens is 308 g/mol. The first-order valence-electron chi connectivity index (χ1n) is 6.40. The molecule has 0 saturated heterocycles. The highest BCUT2D eigenvalue weighted by Gasteiger charge is 2.07. The summed E-state index contributed by atoms with van der Waals surface area (Å²) < 4.78 is 0. The van der Waals surface area contributed by atoms with Gasteiger partial charge < -0.3 is 10.6 Å².